The molecule has 0 saturated carbocycles. The molecular weight excluding hydrogens is 1180 g/mol. The zero-order chi connectivity index (χ0) is 65.8. The van der Waals surface area contributed by atoms with Gasteiger partial charge in [0.1, 0.15) is 47.5 Å². The van der Waals surface area contributed by atoms with E-state index in [4.69, 9.17) is 19.9 Å². The Morgan fingerprint density at radius 3 is 1.84 bits per heavy atom. The minimum absolute atomic E-state index is 0.102. The molecule has 4 aromatic rings. The van der Waals surface area contributed by atoms with E-state index in [1.165, 1.54) is 24.6 Å². The number of para-hydroxylation sites is 1. The number of rotatable bonds is 19. The minimum atomic E-state index is -1.57. The lowest BCUT2D eigenvalue weighted by atomic mass is 10.0. The third-order valence-corrected chi connectivity index (χ3v) is 16.1. The molecule has 0 spiro atoms. The van der Waals surface area contributed by atoms with E-state index in [-0.39, 0.29) is 56.6 Å². The second kappa shape index (κ2) is 33.6. The highest BCUT2D eigenvalue weighted by Gasteiger charge is 2.38. The van der Waals surface area contributed by atoms with E-state index in [0.29, 0.717) is 22.0 Å². The first kappa shape index (κ1) is 72.5. The van der Waals surface area contributed by atoms with E-state index in [1.54, 1.807) is 141 Å². The number of aliphatic hydroxyl groups is 2. The Morgan fingerprint density at radius 1 is 0.674 bits per heavy atom. The van der Waals surface area contributed by atoms with Gasteiger partial charge in [0.25, 0.3) is 0 Å². The molecule has 1 aliphatic heterocycles. The number of benzene rings is 3. The Bertz CT molecular complexity index is 3040. The summed E-state index contributed by atoms with van der Waals surface area (Å²) in [5, 5.41) is 43.1. The number of fused-ring (bicyclic) bond motifs is 1. The van der Waals surface area contributed by atoms with E-state index < -0.39 is 137 Å². The monoisotopic (exact) mass is 1270 g/mol. The number of unbranched alkanes of at least 4 members (excludes halogenated alkanes) is 1. The number of carbonyl (C=O) groups excluding carboxylic acids is 9. The molecule has 488 valence electrons. The predicted molar refractivity (Wildman–Crippen MR) is 341 cm³/mol. The molecule has 26 heteroatoms. The maximum atomic E-state index is 15.4. The third kappa shape index (κ3) is 24.2. The van der Waals surface area contributed by atoms with Crippen LogP contribution in [0.3, 0.4) is 0 Å². The van der Waals surface area contributed by atoms with Gasteiger partial charge in [0, 0.05) is 42.5 Å². The number of ether oxygens (including phenoxy) is 3. The van der Waals surface area contributed by atoms with Crippen LogP contribution >= 0.6 is 21.6 Å². The van der Waals surface area contributed by atoms with Gasteiger partial charge in [-0.05, 0) is 125 Å². The molecule has 1 aliphatic rings. The van der Waals surface area contributed by atoms with Crippen molar-refractivity contribution in [3.63, 3.8) is 0 Å². The van der Waals surface area contributed by atoms with Crippen molar-refractivity contribution in [2.45, 2.75) is 192 Å². The number of hydrogen-bond acceptors (Lipinski definition) is 17. The average molecular weight is 1280 g/mol. The van der Waals surface area contributed by atoms with Crippen LogP contribution in [-0.4, -0.2) is 170 Å². The molecule has 1 fully saturated rings. The highest BCUT2D eigenvalue weighted by Crippen LogP contribution is 2.27. The zero-order valence-corrected chi connectivity index (χ0v) is 54.3. The SMILES string of the molecule is C[C@@H](O)[C@@H](CO)NC(=O)[C@@H]1CSSC[C@H](NC(=O)[C@H](N)Cc2ccccc2)C(=O)N[C@@H](Cc2ccccc2)C(=O)N[C@H](Cc2cn(C(=O)OC(C)(C)C)c3ccccc23)C(=O)N[C@@H](CCCCNC(=O)OC(C)(C)C)C(=O)N[C@@H]([C@@H](C)OC(C)(C)C)C(=O)N1. The Kier molecular flexibility index (Phi) is 27.3. The molecule has 8 amide bonds. The molecule has 2 heterocycles. The molecular formula is C63H90N10O14S2. The van der Waals surface area contributed by atoms with Gasteiger partial charge < -0.3 is 72.7 Å². The molecule has 1 aromatic heterocycles. The second-order valence-electron chi connectivity index (χ2n) is 25.0. The zero-order valence-electron chi connectivity index (χ0n) is 52.6. The number of nitrogens with zero attached hydrogens (tertiary/aromatic N) is 1. The highest BCUT2D eigenvalue weighted by atomic mass is 33.1. The lowest BCUT2D eigenvalue weighted by molar-refractivity contribution is -0.140. The first-order valence-electron chi connectivity index (χ1n) is 29.8. The molecule has 10 atom stereocenters. The standard InChI is InChI=1S/C63H90N10O14S2/c1-37(75)47(34-74)69-57(81)49-36-89-88-35-48(70-52(76)43(64)30-39-22-14-12-15-23-39)56(80)67-45(31-40-24-16-13-17-25-40)54(78)68-46(32-41-33-73(60(84)87-63(9,10)11)50-28-19-18-26-42(41)50)55(79)66-44(27-20-21-29-65-59(83)86-62(6,7)8)53(77)72-51(58(82)71-49)38(2)85-61(3,4)5/h12-19,22-26,28,33,37-38,43-49,51,74-75H,20-21,27,29-32,34-36,64H2,1-11H3,(H,65,83)(H,66,79)(H,67,80)(H,68,78)(H,69,81)(H,70,76)(H,71,82)(H,72,77)/t37-,38-,43-,44+,45+,46-,47-,48+,49+,51+/m1/s1. The maximum Gasteiger partial charge on any atom is 0.419 e. The van der Waals surface area contributed by atoms with Gasteiger partial charge in [-0.1, -0.05) is 100 Å². The van der Waals surface area contributed by atoms with Crippen LogP contribution in [0, 0.1) is 0 Å². The van der Waals surface area contributed by atoms with Crippen molar-refractivity contribution in [1.82, 2.24) is 47.1 Å². The number of nitrogens with two attached hydrogens (primary N) is 1. The second-order valence-corrected chi connectivity index (χ2v) is 27.5. The van der Waals surface area contributed by atoms with Crippen molar-refractivity contribution in [2.75, 3.05) is 24.7 Å². The van der Waals surface area contributed by atoms with Crippen molar-refractivity contribution in [2.24, 2.45) is 5.73 Å². The molecule has 24 nitrogen and oxygen atoms in total. The van der Waals surface area contributed by atoms with Crippen LogP contribution in [0.5, 0.6) is 0 Å². The van der Waals surface area contributed by atoms with Crippen LogP contribution in [0.15, 0.2) is 91.1 Å². The maximum absolute atomic E-state index is 15.4. The first-order valence-corrected chi connectivity index (χ1v) is 32.3. The van der Waals surface area contributed by atoms with Gasteiger partial charge in [0.2, 0.25) is 41.4 Å². The molecule has 0 unspecified atom stereocenters. The first-order chi connectivity index (χ1) is 41.8. The van der Waals surface area contributed by atoms with Crippen LogP contribution in [0.2, 0.25) is 0 Å². The van der Waals surface area contributed by atoms with Crippen LogP contribution in [0.25, 0.3) is 10.9 Å². The highest BCUT2D eigenvalue weighted by molar-refractivity contribution is 8.76. The molecule has 3 aromatic carbocycles. The summed E-state index contributed by atoms with van der Waals surface area (Å²) < 4.78 is 18.7. The van der Waals surface area contributed by atoms with E-state index in [1.807, 2.05) is 6.07 Å². The van der Waals surface area contributed by atoms with Crippen LogP contribution in [-0.2, 0) is 67.0 Å². The Labute approximate surface area is 528 Å². The van der Waals surface area contributed by atoms with Crippen molar-refractivity contribution in [1.29, 1.82) is 0 Å². The fourth-order valence-electron chi connectivity index (χ4n) is 9.40. The average Bonchev–Trinajstić information content (AvgIpc) is 2.55. The molecule has 5 rings (SSSR count). The number of alkyl carbamates (subject to hydrolysis) is 1. The van der Waals surface area contributed by atoms with Gasteiger partial charge in [-0.25, -0.2) is 9.59 Å². The Balaban J connectivity index is 1.68. The summed E-state index contributed by atoms with van der Waals surface area (Å²) in [6.07, 6.45) is -2.24. The number of aliphatic hydroxyl groups excluding tert-OH is 2. The fraction of sp³-hybridized carbons (Fsp3) is 0.540. The van der Waals surface area contributed by atoms with Crippen LogP contribution in [0.4, 0.5) is 9.59 Å². The Morgan fingerprint density at radius 2 is 1.24 bits per heavy atom. The van der Waals surface area contributed by atoms with Crippen molar-refractivity contribution >= 4 is 86.0 Å². The van der Waals surface area contributed by atoms with Crippen LogP contribution in [0.1, 0.15) is 112 Å². The van der Waals surface area contributed by atoms with Gasteiger partial charge in [-0.3, -0.25) is 38.1 Å². The van der Waals surface area contributed by atoms with Crippen molar-refractivity contribution < 1.29 is 67.6 Å². The van der Waals surface area contributed by atoms with Gasteiger partial charge in [-0.2, -0.15) is 0 Å². The van der Waals surface area contributed by atoms with Gasteiger partial charge in [0.05, 0.1) is 42.0 Å². The van der Waals surface area contributed by atoms with Crippen molar-refractivity contribution in [3.05, 3.63) is 108 Å². The van der Waals surface area contributed by atoms with Crippen molar-refractivity contribution in [3.8, 4) is 0 Å². The number of amides is 8. The Hall–Kier alpha value is -7.23. The molecule has 0 aliphatic carbocycles. The normalized spacial score (nSPS) is 21.0. The van der Waals surface area contributed by atoms with E-state index in [9.17, 15) is 39.0 Å². The van der Waals surface area contributed by atoms with Crippen LogP contribution < -0.4 is 48.3 Å². The van der Waals surface area contributed by atoms with E-state index in [0.717, 1.165) is 27.2 Å². The summed E-state index contributed by atoms with van der Waals surface area (Å²) in [5.41, 5.74) is 6.02. The summed E-state index contributed by atoms with van der Waals surface area (Å²) in [5.74, 6) is -6.34. The lowest BCUT2D eigenvalue weighted by Gasteiger charge is -2.33. The summed E-state index contributed by atoms with van der Waals surface area (Å²) in [4.78, 5) is 130. The van der Waals surface area contributed by atoms with Gasteiger partial charge >= 0.3 is 12.2 Å². The van der Waals surface area contributed by atoms with Gasteiger partial charge in [-0.15, -0.1) is 0 Å². The minimum Gasteiger partial charge on any atom is -0.444 e. The number of nitrogens with one attached hydrogen (secondary N) is 8. The smallest absolute Gasteiger partial charge is 0.419 e. The number of aromatic nitrogens is 1. The van der Waals surface area contributed by atoms with E-state index in [2.05, 4.69) is 42.5 Å². The topological polar surface area (TPSA) is 349 Å². The quantitative estimate of drug-likeness (QED) is 0.0469. The molecule has 12 N–H and O–H groups in total. The molecule has 0 bridgehead atoms. The molecule has 1 saturated heterocycles. The van der Waals surface area contributed by atoms with E-state index >= 15 is 14.4 Å². The third-order valence-electron chi connectivity index (χ3n) is 13.7. The lowest BCUT2D eigenvalue weighted by Crippen LogP contribution is -2.63. The molecule has 0 radical (unpaired) electrons. The predicted octanol–water partition coefficient (Wildman–Crippen LogP) is 3.84. The van der Waals surface area contributed by atoms with Gasteiger partial charge in [0.15, 0.2) is 0 Å². The fourth-order valence-corrected chi connectivity index (χ4v) is 11.7. The largest absolute Gasteiger partial charge is 0.444 e. The summed E-state index contributed by atoms with van der Waals surface area (Å²) in [7, 11) is 2.05. The summed E-state index contributed by atoms with van der Waals surface area (Å²) >= 11 is 0. The number of hydrogen-bond donors (Lipinski definition) is 11. The number of carbonyl (C=O) groups is 9. The molecule has 89 heavy (non-hydrogen) atoms. The summed E-state index contributed by atoms with van der Waals surface area (Å²) in [6, 6.07) is 13.4. The summed E-state index contributed by atoms with van der Waals surface area (Å²) in [6.45, 7) is 17.8.